The fraction of sp³-hybridized carbons (Fsp3) is 0.588. The third kappa shape index (κ3) is 3.99. The summed E-state index contributed by atoms with van der Waals surface area (Å²) in [5.41, 5.74) is 2.19. The number of para-hydroxylation sites is 1. The summed E-state index contributed by atoms with van der Waals surface area (Å²) in [6.07, 6.45) is 3.69. The SMILES string of the molecule is CCC(C#N)(CC)CCCOc1c(C)cccc1C. The molecule has 0 aromatic heterocycles. The number of hydrogen-bond donors (Lipinski definition) is 0. The first-order chi connectivity index (χ1) is 9.08. The molecule has 2 nitrogen and oxygen atoms in total. The van der Waals surface area contributed by atoms with Crippen LogP contribution in [0.1, 0.15) is 50.7 Å². The summed E-state index contributed by atoms with van der Waals surface area (Å²) in [6, 6.07) is 8.67. The lowest BCUT2D eigenvalue weighted by molar-refractivity contribution is 0.257. The number of hydrogen-bond acceptors (Lipinski definition) is 2. The van der Waals surface area contributed by atoms with E-state index in [9.17, 15) is 5.26 Å². The highest BCUT2D eigenvalue weighted by molar-refractivity contribution is 5.39. The molecule has 1 rings (SSSR count). The van der Waals surface area contributed by atoms with Crippen molar-refractivity contribution in [2.24, 2.45) is 5.41 Å². The second kappa shape index (κ2) is 7.19. The summed E-state index contributed by atoms with van der Waals surface area (Å²) in [7, 11) is 0. The quantitative estimate of drug-likeness (QED) is 0.659. The normalized spacial score (nSPS) is 11.1. The molecule has 0 amide bonds. The van der Waals surface area contributed by atoms with Crippen LogP contribution >= 0.6 is 0 Å². The van der Waals surface area contributed by atoms with E-state index in [-0.39, 0.29) is 5.41 Å². The van der Waals surface area contributed by atoms with E-state index >= 15 is 0 Å². The van der Waals surface area contributed by atoms with Gasteiger partial charge in [0.25, 0.3) is 0 Å². The molecule has 0 bridgehead atoms. The zero-order valence-corrected chi connectivity index (χ0v) is 12.6. The molecule has 0 heterocycles. The number of ether oxygens (including phenoxy) is 1. The Bertz CT molecular complexity index is 421. The maximum Gasteiger partial charge on any atom is 0.125 e. The lowest BCUT2D eigenvalue weighted by Gasteiger charge is -2.23. The molecule has 1 aromatic carbocycles. The molecule has 0 aliphatic rings. The number of rotatable bonds is 7. The van der Waals surface area contributed by atoms with E-state index in [4.69, 9.17) is 4.74 Å². The number of benzene rings is 1. The van der Waals surface area contributed by atoms with Gasteiger partial charge in [-0.25, -0.2) is 0 Å². The highest BCUT2D eigenvalue weighted by Gasteiger charge is 2.24. The van der Waals surface area contributed by atoms with Gasteiger partial charge in [0.1, 0.15) is 5.75 Å². The Morgan fingerprint density at radius 3 is 2.21 bits per heavy atom. The molecule has 0 aliphatic carbocycles. The van der Waals surface area contributed by atoms with Crippen LogP contribution in [0.4, 0.5) is 0 Å². The van der Waals surface area contributed by atoms with Crippen molar-refractivity contribution in [3.05, 3.63) is 29.3 Å². The van der Waals surface area contributed by atoms with Crippen molar-refractivity contribution >= 4 is 0 Å². The second-order valence-electron chi connectivity index (χ2n) is 5.27. The van der Waals surface area contributed by atoms with E-state index < -0.39 is 0 Å². The first-order valence-corrected chi connectivity index (χ1v) is 7.19. The van der Waals surface area contributed by atoms with Crippen molar-refractivity contribution < 1.29 is 4.74 Å². The van der Waals surface area contributed by atoms with Gasteiger partial charge in [0.2, 0.25) is 0 Å². The maximum absolute atomic E-state index is 9.29. The Morgan fingerprint density at radius 1 is 1.16 bits per heavy atom. The van der Waals surface area contributed by atoms with Gasteiger partial charge >= 0.3 is 0 Å². The molecule has 1 aromatic rings. The molecule has 0 atom stereocenters. The summed E-state index contributed by atoms with van der Waals surface area (Å²) in [6.45, 7) is 9.02. The van der Waals surface area contributed by atoms with Crippen molar-refractivity contribution in [2.45, 2.75) is 53.4 Å². The third-order valence-corrected chi connectivity index (χ3v) is 4.05. The summed E-state index contributed by atoms with van der Waals surface area (Å²) in [5.74, 6) is 0.998. The zero-order valence-electron chi connectivity index (χ0n) is 12.6. The van der Waals surface area contributed by atoms with Crippen LogP contribution in [0, 0.1) is 30.6 Å². The van der Waals surface area contributed by atoms with Gasteiger partial charge < -0.3 is 4.74 Å². The van der Waals surface area contributed by atoms with Gasteiger partial charge in [0, 0.05) is 0 Å². The summed E-state index contributed by atoms with van der Waals surface area (Å²) in [4.78, 5) is 0. The van der Waals surface area contributed by atoms with Crippen LogP contribution in [-0.4, -0.2) is 6.61 Å². The Kier molecular flexibility index (Phi) is 5.89. The molecule has 0 spiro atoms. The fourth-order valence-electron chi connectivity index (χ4n) is 2.43. The van der Waals surface area contributed by atoms with Gasteiger partial charge in [0.05, 0.1) is 18.1 Å². The van der Waals surface area contributed by atoms with E-state index in [1.807, 2.05) is 6.07 Å². The molecule has 0 saturated carbocycles. The Hall–Kier alpha value is -1.49. The smallest absolute Gasteiger partial charge is 0.125 e. The molecule has 19 heavy (non-hydrogen) atoms. The Morgan fingerprint density at radius 2 is 1.74 bits per heavy atom. The molecule has 0 saturated heterocycles. The molecule has 0 N–H and O–H groups in total. The first kappa shape index (κ1) is 15.6. The van der Waals surface area contributed by atoms with E-state index in [1.54, 1.807) is 0 Å². The number of aryl methyl sites for hydroxylation is 2. The fourth-order valence-corrected chi connectivity index (χ4v) is 2.43. The highest BCUT2D eigenvalue weighted by Crippen LogP contribution is 2.31. The average molecular weight is 259 g/mol. The van der Waals surface area contributed by atoms with Crippen molar-refractivity contribution in [3.63, 3.8) is 0 Å². The highest BCUT2D eigenvalue weighted by atomic mass is 16.5. The van der Waals surface area contributed by atoms with Crippen LogP contribution in [0.25, 0.3) is 0 Å². The van der Waals surface area contributed by atoms with Crippen LogP contribution in [0.3, 0.4) is 0 Å². The lowest BCUT2D eigenvalue weighted by Crippen LogP contribution is -2.17. The first-order valence-electron chi connectivity index (χ1n) is 7.19. The molecule has 0 unspecified atom stereocenters. The van der Waals surface area contributed by atoms with Gasteiger partial charge in [-0.2, -0.15) is 5.26 Å². The maximum atomic E-state index is 9.29. The van der Waals surface area contributed by atoms with Crippen molar-refractivity contribution in [1.29, 1.82) is 5.26 Å². The molecular formula is C17H25NO. The zero-order chi connectivity index (χ0) is 14.3. The van der Waals surface area contributed by atoms with Crippen molar-refractivity contribution in [3.8, 4) is 11.8 Å². The Labute approximate surface area is 117 Å². The predicted octanol–water partition coefficient (Wildman–Crippen LogP) is 4.79. The molecule has 104 valence electrons. The minimum atomic E-state index is -0.163. The van der Waals surface area contributed by atoms with Gasteiger partial charge in [-0.3, -0.25) is 0 Å². The summed E-state index contributed by atoms with van der Waals surface area (Å²) in [5, 5.41) is 9.29. The molecular weight excluding hydrogens is 234 g/mol. The van der Waals surface area contributed by atoms with Crippen molar-refractivity contribution in [2.75, 3.05) is 6.61 Å². The standard InChI is InChI=1S/C17H25NO/c1-5-17(6-2,13-18)11-8-12-19-16-14(3)9-7-10-15(16)4/h7,9-10H,5-6,8,11-12H2,1-4H3. The van der Waals surface area contributed by atoms with Gasteiger partial charge in [-0.05, 0) is 50.7 Å². The monoisotopic (exact) mass is 259 g/mol. The van der Waals surface area contributed by atoms with E-state index in [0.29, 0.717) is 6.61 Å². The van der Waals surface area contributed by atoms with Crippen LogP contribution in [0.15, 0.2) is 18.2 Å². The largest absolute Gasteiger partial charge is 0.493 e. The minimum absolute atomic E-state index is 0.163. The van der Waals surface area contributed by atoms with E-state index in [1.165, 1.54) is 11.1 Å². The predicted molar refractivity (Wildman–Crippen MR) is 79.3 cm³/mol. The number of nitrogens with zero attached hydrogens (tertiary/aromatic N) is 1. The van der Waals surface area contributed by atoms with Crippen LogP contribution in [0.5, 0.6) is 5.75 Å². The van der Waals surface area contributed by atoms with E-state index in [2.05, 4.69) is 45.9 Å². The third-order valence-electron chi connectivity index (χ3n) is 4.05. The van der Waals surface area contributed by atoms with Crippen LogP contribution in [-0.2, 0) is 0 Å². The van der Waals surface area contributed by atoms with Gasteiger partial charge in [-0.15, -0.1) is 0 Å². The Balaban J connectivity index is 2.50. The number of nitriles is 1. The molecule has 0 fully saturated rings. The second-order valence-corrected chi connectivity index (χ2v) is 5.27. The summed E-state index contributed by atoms with van der Waals surface area (Å²) >= 11 is 0. The van der Waals surface area contributed by atoms with Gasteiger partial charge in [-0.1, -0.05) is 32.0 Å². The molecule has 0 aliphatic heterocycles. The lowest BCUT2D eigenvalue weighted by atomic mass is 9.80. The van der Waals surface area contributed by atoms with Crippen molar-refractivity contribution in [1.82, 2.24) is 0 Å². The minimum Gasteiger partial charge on any atom is -0.493 e. The van der Waals surface area contributed by atoms with E-state index in [0.717, 1.165) is 31.4 Å². The van der Waals surface area contributed by atoms with Crippen LogP contribution < -0.4 is 4.74 Å². The molecule has 0 radical (unpaired) electrons. The topological polar surface area (TPSA) is 33.0 Å². The molecule has 2 heteroatoms. The van der Waals surface area contributed by atoms with Crippen LogP contribution in [0.2, 0.25) is 0 Å². The summed E-state index contributed by atoms with van der Waals surface area (Å²) < 4.78 is 5.89. The average Bonchev–Trinajstić information content (AvgIpc) is 2.42. The van der Waals surface area contributed by atoms with Gasteiger partial charge in [0.15, 0.2) is 0 Å².